The van der Waals surface area contributed by atoms with Crippen molar-refractivity contribution >= 4 is 0 Å². The maximum absolute atomic E-state index is 4.04. The third-order valence-electron chi connectivity index (χ3n) is 6.81. The Labute approximate surface area is 124 Å². The molecule has 2 saturated carbocycles. The van der Waals surface area contributed by atoms with E-state index >= 15 is 0 Å². The van der Waals surface area contributed by atoms with Gasteiger partial charge in [0.1, 0.15) is 0 Å². The Kier molecular flexibility index (Phi) is 4.05. The molecule has 0 aromatic carbocycles. The number of likely N-dealkylation sites (tertiary alicyclic amines) is 1. The van der Waals surface area contributed by atoms with Crippen molar-refractivity contribution < 1.29 is 0 Å². The number of hydrogen-bond donors (Lipinski definition) is 1. The van der Waals surface area contributed by atoms with Crippen molar-refractivity contribution in [2.75, 3.05) is 13.1 Å². The standard InChI is InChI=1S/C18H32N2/c1-2-8-17-14(5-1)10-11-16(19-17)13-20-12-4-7-15-6-3-9-18(15)20/h14-19H,1-13H2. The zero-order valence-corrected chi connectivity index (χ0v) is 13.0. The van der Waals surface area contributed by atoms with E-state index in [1.54, 1.807) is 0 Å². The summed E-state index contributed by atoms with van der Waals surface area (Å²) >= 11 is 0. The number of fused-ring (bicyclic) bond motifs is 2. The fourth-order valence-corrected chi connectivity index (χ4v) is 5.78. The van der Waals surface area contributed by atoms with Gasteiger partial charge in [-0.05, 0) is 69.7 Å². The van der Waals surface area contributed by atoms with Crippen LogP contribution in [0.1, 0.15) is 70.6 Å². The summed E-state index contributed by atoms with van der Waals surface area (Å²) in [6, 6.07) is 2.62. The summed E-state index contributed by atoms with van der Waals surface area (Å²) in [6.45, 7) is 2.73. The summed E-state index contributed by atoms with van der Waals surface area (Å²) in [5.41, 5.74) is 0. The van der Waals surface area contributed by atoms with E-state index in [2.05, 4.69) is 10.2 Å². The fraction of sp³-hybridized carbons (Fsp3) is 1.00. The van der Waals surface area contributed by atoms with Gasteiger partial charge in [0.25, 0.3) is 0 Å². The molecule has 5 unspecified atom stereocenters. The molecule has 0 bridgehead atoms. The van der Waals surface area contributed by atoms with Gasteiger partial charge < -0.3 is 5.32 Å². The molecule has 114 valence electrons. The molecule has 2 saturated heterocycles. The molecule has 0 spiro atoms. The van der Waals surface area contributed by atoms with Crippen LogP contribution in [0.5, 0.6) is 0 Å². The molecule has 0 amide bonds. The monoisotopic (exact) mass is 276 g/mol. The predicted octanol–water partition coefficient (Wildman–Crippen LogP) is 3.56. The molecule has 2 heteroatoms. The summed E-state index contributed by atoms with van der Waals surface area (Å²) in [7, 11) is 0. The van der Waals surface area contributed by atoms with Crippen molar-refractivity contribution in [3.63, 3.8) is 0 Å². The predicted molar refractivity (Wildman–Crippen MR) is 83.8 cm³/mol. The quantitative estimate of drug-likeness (QED) is 0.829. The molecule has 0 aromatic rings. The summed E-state index contributed by atoms with van der Waals surface area (Å²) < 4.78 is 0. The highest BCUT2D eigenvalue weighted by atomic mass is 15.2. The van der Waals surface area contributed by atoms with Crippen molar-refractivity contribution in [3.05, 3.63) is 0 Å². The van der Waals surface area contributed by atoms with Crippen LogP contribution in [-0.2, 0) is 0 Å². The first-order valence-corrected chi connectivity index (χ1v) is 9.40. The molecule has 0 radical (unpaired) electrons. The minimum atomic E-state index is 0.800. The van der Waals surface area contributed by atoms with Crippen LogP contribution in [0.2, 0.25) is 0 Å². The van der Waals surface area contributed by atoms with Gasteiger partial charge in [-0.15, -0.1) is 0 Å². The summed E-state index contributed by atoms with van der Waals surface area (Å²) in [6.07, 6.45) is 16.3. The molecular weight excluding hydrogens is 244 g/mol. The number of rotatable bonds is 2. The van der Waals surface area contributed by atoms with Gasteiger partial charge in [-0.2, -0.15) is 0 Å². The van der Waals surface area contributed by atoms with Gasteiger partial charge in [0.05, 0.1) is 0 Å². The fourth-order valence-electron chi connectivity index (χ4n) is 5.78. The van der Waals surface area contributed by atoms with Gasteiger partial charge in [-0.1, -0.05) is 19.3 Å². The average Bonchev–Trinajstić information content (AvgIpc) is 2.97. The molecule has 4 fully saturated rings. The van der Waals surface area contributed by atoms with Gasteiger partial charge in [-0.3, -0.25) is 4.90 Å². The third-order valence-corrected chi connectivity index (χ3v) is 6.81. The number of hydrogen-bond acceptors (Lipinski definition) is 2. The molecule has 5 atom stereocenters. The smallest absolute Gasteiger partial charge is 0.0197 e. The van der Waals surface area contributed by atoms with Crippen LogP contribution in [0.4, 0.5) is 0 Å². The summed E-state index contributed by atoms with van der Waals surface area (Å²) in [5.74, 6) is 2.07. The molecule has 4 aliphatic rings. The van der Waals surface area contributed by atoms with Crippen LogP contribution in [0.3, 0.4) is 0 Å². The van der Waals surface area contributed by atoms with E-state index in [-0.39, 0.29) is 0 Å². The molecule has 1 N–H and O–H groups in total. The number of nitrogens with zero attached hydrogens (tertiary/aromatic N) is 1. The van der Waals surface area contributed by atoms with Crippen LogP contribution in [-0.4, -0.2) is 36.1 Å². The Hall–Kier alpha value is -0.0800. The molecule has 20 heavy (non-hydrogen) atoms. The topological polar surface area (TPSA) is 15.3 Å². The van der Waals surface area contributed by atoms with E-state index in [1.165, 1.54) is 83.7 Å². The number of nitrogens with one attached hydrogen (secondary N) is 1. The van der Waals surface area contributed by atoms with Crippen LogP contribution < -0.4 is 5.32 Å². The van der Waals surface area contributed by atoms with E-state index in [4.69, 9.17) is 0 Å². The lowest BCUT2D eigenvalue weighted by Gasteiger charge is -2.44. The maximum atomic E-state index is 4.04. The lowest BCUT2D eigenvalue weighted by atomic mass is 9.77. The van der Waals surface area contributed by atoms with Crippen molar-refractivity contribution in [1.82, 2.24) is 10.2 Å². The normalized spacial score (nSPS) is 45.9. The van der Waals surface area contributed by atoms with Gasteiger partial charge in [0, 0.05) is 24.7 Å². The van der Waals surface area contributed by atoms with Crippen LogP contribution in [0.25, 0.3) is 0 Å². The zero-order chi connectivity index (χ0) is 13.4. The van der Waals surface area contributed by atoms with E-state index in [9.17, 15) is 0 Å². The second-order valence-corrected chi connectivity index (χ2v) is 7.99. The van der Waals surface area contributed by atoms with Crippen LogP contribution in [0, 0.1) is 11.8 Å². The molecule has 2 aliphatic carbocycles. The molecule has 4 rings (SSSR count). The van der Waals surface area contributed by atoms with Crippen molar-refractivity contribution in [1.29, 1.82) is 0 Å². The summed E-state index contributed by atoms with van der Waals surface area (Å²) in [4.78, 5) is 2.88. The van der Waals surface area contributed by atoms with Gasteiger partial charge in [-0.25, -0.2) is 0 Å². The lowest BCUT2D eigenvalue weighted by molar-refractivity contribution is 0.0795. The minimum Gasteiger partial charge on any atom is -0.310 e. The van der Waals surface area contributed by atoms with Crippen LogP contribution >= 0.6 is 0 Å². The Morgan fingerprint density at radius 2 is 1.60 bits per heavy atom. The van der Waals surface area contributed by atoms with Gasteiger partial charge in [0.15, 0.2) is 0 Å². The lowest BCUT2D eigenvalue weighted by Crippen LogP contribution is -2.55. The number of piperidine rings is 2. The highest BCUT2D eigenvalue weighted by molar-refractivity contribution is 4.94. The first-order valence-electron chi connectivity index (χ1n) is 9.40. The Morgan fingerprint density at radius 3 is 2.60 bits per heavy atom. The highest BCUT2D eigenvalue weighted by Gasteiger charge is 2.37. The van der Waals surface area contributed by atoms with Crippen molar-refractivity contribution in [3.8, 4) is 0 Å². The van der Waals surface area contributed by atoms with Crippen molar-refractivity contribution in [2.24, 2.45) is 11.8 Å². The molecular formula is C18H32N2. The van der Waals surface area contributed by atoms with E-state index in [0.717, 1.165) is 30.0 Å². The first-order chi connectivity index (χ1) is 9.90. The Balaban J connectivity index is 1.34. The Bertz CT molecular complexity index is 329. The van der Waals surface area contributed by atoms with E-state index in [1.807, 2.05) is 0 Å². The highest BCUT2D eigenvalue weighted by Crippen LogP contribution is 2.38. The third kappa shape index (κ3) is 2.66. The second-order valence-electron chi connectivity index (χ2n) is 7.99. The molecule has 2 nitrogen and oxygen atoms in total. The van der Waals surface area contributed by atoms with Crippen LogP contribution in [0.15, 0.2) is 0 Å². The largest absolute Gasteiger partial charge is 0.310 e. The zero-order valence-electron chi connectivity index (χ0n) is 13.0. The van der Waals surface area contributed by atoms with Gasteiger partial charge in [0.2, 0.25) is 0 Å². The maximum Gasteiger partial charge on any atom is 0.0197 e. The summed E-state index contributed by atoms with van der Waals surface area (Å²) in [5, 5.41) is 4.04. The minimum absolute atomic E-state index is 0.800. The first kappa shape index (κ1) is 13.6. The van der Waals surface area contributed by atoms with E-state index in [0.29, 0.717) is 0 Å². The molecule has 2 heterocycles. The van der Waals surface area contributed by atoms with Crippen molar-refractivity contribution in [2.45, 2.75) is 88.8 Å². The second kappa shape index (κ2) is 5.96. The van der Waals surface area contributed by atoms with Gasteiger partial charge >= 0.3 is 0 Å². The van der Waals surface area contributed by atoms with E-state index < -0.39 is 0 Å². The Morgan fingerprint density at radius 1 is 0.750 bits per heavy atom. The molecule has 0 aromatic heterocycles. The average molecular weight is 276 g/mol. The SMILES string of the molecule is C1CCC2NC(CN3CCCC4CCCC43)CCC2C1. The molecule has 2 aliphatic heterocycles.